The van der Waals surface area contributed by atoms with Crippen molar-refractivity contribution in [2.45, 2.75) is 57.6 Å². The molecular weight excluding hydrogens is 282 g/mol. The summed E-state index contributed by atoms with van der Waals surface area (Å²) in [5.41, 5.74) is 0. The highest BCUT2D eigenvalue weighted by Gasteiger charge is 2.34. The summed E-state index contributed by atoms with van der Waals surface area (Å²) < 4.78 is 0. The maximum atomic E-state index is 12.4. The Morgan fingerprint density at radius 1 is 1.35 bits per heavy atom. The molecule has 0 saturated heterocycles. The summed E-state index contributed by atoms with van der Waals surface area (Å²) in [7, 11) is 0. The number of rotatable bonds is 7. The summed E-state index contributed by atoms with van der Waals surface area (Å²) in [5, 5.41) is 13.7. The number of nitrogens with zero attached hydrogens (tertiary/aromatic N) is 3. The molecule has 20 heavy (non-hydrogen) atoms. The van der Waals surface area contributed by atoms with Crippen molar-refractivity contribution < 1.29 is 9.90 Å². The van der Waals surface area contributed by atoms with E-state index in [0.717, 1.165) is 37.1 Å². The van der Waals surface area contributed by atoms with Crippen LogP contribution in [0.25, 0.3) is 0 Å². The summed E-state index contributed by atoms with van der Waals surface area (Å²) in [6.07, 6.45) is 4.69. The molecule has 7 heteroatoms. The summed E-state index contributed by atoms with van der Waals surface area (Å²) in [5.74, 6) is 0.159. The molecule has 0 aromatic rings. The second-order valence-corrected chi connectivity index (χ2v) is 5.52. The largest absolute Gasteiger partial charge is 0.391 e. The van der Waals surface area contributed by atoms with Crippen LogP contribution in [-0.2, 0) is 0 Å². The monoisotopic (exact) mass is 305 g/mol. The Kier molecular flexibility index (Phi) is 7.84. The van der Waals surface area contributed by atoms with Crippen molar-refractivity contribution in [2.75, 3.05) is 19.0 Å². The Labute approximate surface area is 125 Å². The van der Waals surface area contributed by atoms with E-state index in [2.05, 4.69) is 5.29 Å². The van der Waals surface area contributed by atoms with Crippen LogP contribution in [0.15, 0.2) is 5.29 Å². The Hall–Kier alpha value is -0.880. The minimum Gasteiger partial charge on any atom is -0.391 e. The molecule has 1 aliphatic rings. The SMILES string of the molecule is CCCCN(C(=O)N(CCCl)N=O)C1CCCCC1O. The van der Waals surface area contributed by atoms with Gasteiger partial charge in [0, 0.05) is 12.4 Å². The van der Waals surface area contributed by atoms with Gasteiger partial charge in [-0.05, 0) is 19.3 Å². The third-order valence-electron chi connectivity index (χ3n) is 3.71. The lowest BCUT2D eigenvalue weighted by atomic mass is 9.91. The number of hydrogen-bond donors (Lipinski definition) is 1. The van der Waals surface area contributed by atoms with Gasteiger partial charge < -0.3 is 10.0 Å². The molecule has 0 aliphatic heterocycles. The maximum Gasteiger partial charge on any atom is 0.343 e. The first kappa shape index (κ1) is 17.2. The van der Waals surface area contributed by atoms with Crippen molar-refractivity contribution in [3.63, 3.8) is 0 Å². The van der Waals surface area contributed by atoms with Crippen LogP contribution in [0.5, 0.6) is 0 Å². The smallest absolute Gasteiger partial charge is 0.343 e. The molecule has 0 bridgehead atoms. The Balaban J connectivity index is 2.80. The molecule has 0 radical (unpaired) electrons. The first-order chi connectivity index (χ1) is 9.65. The van der Waals surface area contributed by atoms with Crippen LogP contribution in [-0.4, -0.2) is 52.2 Å². The van der Waals surface area contributed by atoms with Gasteiger partial charge in [0.05, 0.1) is 24.0 Å². The van der Waals surface area contributed by atoms with E-state index in [9.17, 15) is 14.8 Å². The normalized spacial score (nSPS) is 22.4. The maximum absolute atomic E-state index is 12.4. The molecule has 2 amide bonds. The number of aliphatic hydroxyl groups excluding tert-OH is 1. The number of urea groups is 1. The van der Waals surface area contributed by atoms with Gasteiger partial charge in [0.2, 0.25) is 0 Å². The minimum absolute atomic E-state index is 0.0926. The van der Waals surface area contributed by atoms with Crippen molar-refractivity contribution in [1.82, 2.24) is 9.91 Å². The van der Waals surface area contributed by atoms with Gasteiger partial charge in [-0.1, -0.05) is 26.2 Å². The highest BCUT2D eigenvalue weighted by Crippen LogP contribution is 2.24. The molecule has 0 aromatic carbocycles. The molecular formula is C13H24ClN3O3. The number of aliphatic hydroxyl groups is 1. The predicted molar refractivity (Wildman–Crippen MR) is 78.5 cm³/mol. The zero-order valence-electron chi connectivity index (χ0n) is 12.0. The van der Waals surface area contributed by atoms with E-state index in [4.69, 9.17) is 11.6 Å². The van der Waals surface area contributed by atoms with Gasteiger partial charge in [-0.25, -0.2) is 4.79 Å². The quantitative estimate of drug-likeness (QED) is 0.446. The zero-order valence-corrected chi connectivity index (χ0v) is 12.8. The number of alkyl halides is 1. The first-order valence-corrected chi connectivity index (χ1v) is 7.84. The number of halogens is 1. The fourth-order valence-electron chi connectivity index (χ4n) is 2.59. The average molecular weight is 306 g/mol. The molecule has 0 aromatic heterocycles. The van der Waals surface area contributed by atoms with Crippen molar-refractivity contribution in [1.29, 1.82) is 0 Å². The van der Waals surface area contributed by atoms with E-state index in [1.54, 1.807) is 4.90 Å². The summed E-state index contributed by atoms with van der Waals surface area (Å²) in [6.45, 7) is 2.66. The van der Waals surface area contributed by atoms with Gasteiger partial charge in [0.1, 0.15) is 0 Å². The van der Waals surface area contributed by atoms with E-state index in [1.807, 2.05) is 6.92 Å². The molecule has 1 fully saturated rings. The van der Waals surface area contributed by atoms with Crippen LogP contribution in [0.4, 0.5) is 4.79 Å². The van der Waals surface area contributed by atoms with E-state index in [-0.39, 0.29) is 18.5 Å². The van der Waals surface area contributed by atoms with Crippen LogP contribution < -0.4 is 0 Å². The van der Waals surface area contributed by atoms with E-state index in [0.29, 0.717) is 13.0 Å². The standard InChI is InChI=1S/C13H24ClN3O3/c1-2-3-9-16(11-6-4-5-7-12(11)18)13(19)17(15-20)10-8-14/h11-12,18H,2-10H2,1H3. The molecule has 1 rings (SSSR count). The minimum atomic E-state index is -0.519. The molecule has 2 unspecified atom stereocenters. The van der Waals surface area contributed by atoms with Crippen LogP contribution in [0.2, 0.25) is 0 Å². The molecule has 2 atom stereocenters. The van der Waals surface area contributed by atoms with Gasteiger partial charge in [-0.2, -0.15) is 5.01 Å². The number of carbonyl (C=O) groups is 1. The topological polar surface area (TPSA) is 73.2 Å². The van der Waals surface area contributed by atoms with Crippen LogP contribution in [0.1, 0.15) is 45.4 Å². The lowest BCUT2D eigenvalue weighted by Gasteiger charge is -2.38. The zero-order chi connectivity index (χ0) is 15.0. The molecule has 116 valence electrons. The number of hydrogen-bond acceptors (Lipinski definition) is 4. The van der Waals surface area contributed by atoms with Gasteiger partial charge in [-0.15, -0.1) is 16.5 Å². The van der Waals surface area contributed by atoms with Crippen molar-refractivity contribution in [3.05, 3.63) is 4.91 Å². The molecule has 1 saturated carbocycles. The van der Waals surface area contributed by atoms with E-state index < -0.39 is 12.1 Å². The Bertz CT molecular complexity index is 317. The third-order valence-corrected chi connectivity index (χ3v) is 3.88. The van der Waals surface area contributed by atoms with Crippen molar-refractivity contribution in [3.8, 4) is 0 Å². The predicted octanol–water partition coefficient (Wildman–Crippen LogP) is 2.73. The molecule has 0 heterocycles. The first-order valence-electron chi connectivity index (χ1n) is 7.31. The summed E-state index contributed by atoms with van der Waals surface area (Å²) >= 11 is 5.58. The summed E-state index contributed by atoms with van der Waals surface area (Å²) in [6, 6.07) is -0.664. The third kappa shape index (κ3) is 4.59. The fourth-order valence-corrected chi connectivity index (χ4v) is 2.75. The second-order valence-electron chi connectivity index (χ2n) is 5.14. The number of amides is 2. The lowest BCUT2D eigenvalue weighted by molar-refractivity contribution is 0.0273. The van der Waals surface area contributed by atoms with Crippen LogP contribution in [0, 0.1) is 4.91 Å². The molecule has 1 N–H and O–H groups in total. The Morgan fingerprint density at radius 3 is 2.60 bits per heavy atom. The summed E-state index contributed by atoms with van der Waals surface area (Å²) in [4.78, 5) is 24.8. The average Bonchev–Trinajstić information content (AvgIpc) is 2.46. The van der Waals surface area contributed by atoms with E-state index in [1.165, 1.54) is 0 Å². The molecule has 1 aliphatic carbocycles. The Morgan fingerprint density at radius 2 is 2.05 bits per heavy atom. The highest BCUT2D eigenvalue weighted by atomic mass is 35.5. The highest BCUT2D eigenvalue weighted by molar-refractivity contribution is 6.18. The number of unbranched alkanes of at least 4 members (excludes halogenated alkanes) is 1. The van der Waals surface area contributed by atoms with Gasteiger partial charge in [-0.3, -0.25) is 0 Å². The van der Waals surface area contributed by atoms with Gasteiger partial charge in [0.15, 0.2) is 0 Å². The van der Waals surface area contributed by atoms with Crippen LogP contribution >= 0.6 is 11.6 Å². The van der Waals surface area contributed by atoms with Crippen molar-refractivity contribution >= 4 is 17.6 Å². The fraction of sp³-hybridized carbons (Fsp3) is 0.923. The molecule has 0 spiro atoms. The van der Waals surface area contributed by atoms with Crippen molar-refractivity contribution in [2.24, 2.45) is 5.29 Å². The second kappa shape index (κ2) is 9.13. The number of carbonyl (C=O) groups excluding carboxylic acids is 1. The van der Waals surface area contributed by atoms with Gasteiger partial charge in [0.25, 0.3) is 0 Å². The van der Waals surface area contributed by atoms with Gasteiger partial charge >= 0.3 is 6.03 Å². The van der Waals surface area contributed by atoms with E-state index >= 15 is 0 Å². The van der Waals surface area contributed by atoms with Crippen LogP contribution in [0.3, 0.4) is 0 Å². The lowest BCUT2D eigenvalue weighted by Crippen LogP contribution is -2.52. The molecule has 6 nitrogen and oxygen atoms in total. The number of nitroso groups, excluding NO2 is 1.